The molecule has 1 aliphatic heterocycles. The quantitative estimate of drug-likeness (QED) is 0.793. The van der Waals surface area contributed by atoms with Crippen LogP contribution >= 0.6 is 0 Å². The van der Waals surface area contributed by atoms with Crippen LogP contribution in [0.2, 0.25) is 0 Å². The smallest absolute Gasteiger partial charge is 0.495 e. The van der Waals surface area contributed by atoms with Gasteiger partial charge in [0.1, 0.15) is 5.75 Å². The zero-order chi connectivity index (χ0) is 15.3. The molecule has 0 aliphatic carbocycles. The SMILES string of the molecule is COc1ccc2cccc(B3OC(C)(C)C(C)(C)O3)c2c1. The van der Waals surface area contributed by atoms with Gasteiger partial charge in [0.05, 0.1) is 18.3 Å². The van der Waals surface area contributed by atoms with Gasteiger partial charge in [-0.05, 0) is 56.1 Å². The summed E-state index contributed by atoms with van der Waals surface area (Å²) in [6.07, 6.45) is 0. The van der Waals surface area contributed by atoms with Crippen LogP contribution in [-0.2, 0) is 9.31 Å². The van der Waals surface area contributed by atoms with Crippen molar-refractivity contribution in [3.8, 4) is 5.75 Å². The second-order valence-corrected chi connectivity index (χ2v) is 6.52. The summed E-state index contributed by atoms with van der Waals surface area (Å²) in [4.78, 5) is 0. The third-order valence-corrected chi connectivity index (χ3v) is 4.63. The Bertz CT molecular complexity index is 663. The van der Waals surface area contributed by atoms with Crippen molar-refractivity contribution in [3.05, 3.63) is 36.4 Å². The highest BCUT2D eigenvalue weighted by Crippen LogP contribution is 2.37. The van der Waals surface area contributed by atoms with Gasteiger partial charge in [-0.15, -0.1) is 0 Å². The fourth-order valence-corrected chi connectivity index (χ4v) is 2.58. The van der Waals surface area contributed by atoms with E-state index in [9.17, 15) is 0 Å². The van der Waals surface area contributed by atoms with Gasteiger partial charge in [-0.25, -0.2) is 0 Å². The lowest BCUT2D eigenvalue weighted by molar-refractivity contribution is 0.00578. The van der Waals surface area contributed by atoms with E-state index in [4.69, 9.17) is 14.0 Å². The second-order valence-electron chi connectivity index (χ2n) is 6.52. The van der Waals surface area contributed by atoms with Crippen molar-refractivity contribution in [3.63, 3.8) is 0 Å². The molecular weight excluding hydrogens is 263 g/mol. The molecule has 110 valence electrons. The maximum absolute atomic E-state index is 6.17. The fourth-order valence-electron chi connectivity index (χ4n) is 2.58. The summed E-state index contributed by atoms with van der Waals surface area (Å²) in [5.41, 5.74) is 0.377. The average Bonchev–Trinajstić information content (AvgIpc) is 2.66. The van der Waals surface area contributed by atoms with Crippen LogP contribution < -0.4 is 10.2 Å². The minimum Gasteiger partial charge on any atom is -0.497 e. The number of hydrogen-bond acceptors (Lipinski definition) is 3. The number of hydrogen-bond donors (Lipinski definition) is 0. The number of rotatable bonds is 2. The lowest BCUT2D eigenvalue weighted by Crippen LogP contribution is -2.41. The minimum atomic E-state index is -0.356. The number of ether oxygens (including phenoxy) is 1. The molecule has 0 radical (unpaired) electrons. The molecule has 2 aromatic rings. The molecule has 1 heterocycles. The van der Waals surface area contributed by atoms with E-state index in [0.717, 1.165) is 22.0 Å². The lowest BCUT2D eigenvalue weighted by atomic mass is 9.76. The Hall–Kier alpha value is -1.52. The van der Waals surface area contributed by atoms with Gasteiger partial charge in [-0.2, -0.15) is 0 Å². The molecule has 0 saturated carbocycles. The van der Waals surface area contributed by atoms with Crippen molar-refractivity contribution in [2.45, 2.75) is 38.9 Å². The molecule has 0 spiro atoms. The highest BCUT2D eigenvalue weighted by Gasteiger charge is 2.52. The van der Waals surface area contributed by atoms with Crippen LogP contribution in [0.5, 0.6) is 5.75 Å². The van der Waals surface area contributed by atoms with E-state index >= 15 is 0 Å². The molecule has 0 atom stereocenters. The summed E-state index contributed by atoms with van der Waals surface area (Å²) in [6, 6.07) is 12.2. The van der Waals surface area contributed by atoms with Gasteiger partial charge in [-0.3, -0.25) is 0 Å². The molecule has 1 aliphatic rings. The van der Waals surface area contributed by atoms with Crippen LogP contribution in [0.25, 0.3) is 10.8 Å². The molecule has 3 rings (SSSR count). The maximum atomic E-state index is 6.17. The molecular formula is C17H21BO3. The predicted molar refractivity (Wildman–Crippen MR) is 86.2 cm³/mol. The molecule has 1 fully saturated rings. The monoisotopic (exact) mass is 284 g/mol. The fraction of sp³-hybridized carbons (Fsp3) is 0.412. The molecule has 0 amide bonds. The molecule has 0 unspecified atom stereocenters. The molecule has 0 aromatic heterocycles. The van der Waals surface area contributed by atoms with Crippen molar-refractivity contribution >= 4 is 23.4 Å². The Kier molecular flexibility index (Phi) is 3.26. The summed E-state index contributed by atoms with van der Waals surface area (Å²) in [5, 5.41) is 2.26. The van der Waals surface area contributed by atoms with Crippen molar-refractivity contribution in [1.82, 2.24) is 0 Å². The van der Waals surface area contributed by atoms with Gasteiger partial charge in [-0.1, -0.05) is 24.3 Å². The summed E-state index contributed by atoms with van der Waals surface area (Å²) in [5.74, 6) is 0.839. The van der Waals surface area contributed by atoms with Crippen LogP contribution in [0.15, 0.2) is 36.4 Å². The third kappa shape index (κ3) is 2.32. The van der Waals surface area contributed by atoms with Gasteiger partial charge in [0.25, 0.3) is 0 Å². The predicted octanol–water partition coefficient (Wildman–Crippen LogP) is 3.15. The van der Waals surface area contributed by atoms with Gasteiger partial charge in [0.15, 0.2) is 0 Å². The van der Waals surface area contributed by atoms with Crippen LogP contribution in [0.1, 0.15) is 27.7 Å². The van der Waals surface area contributed by atoms with E-state index in [1.807, 2.05) is 18.2 Å². The number of benzene rings is 2. The molecule has 0 bridgehead atoms. The Balaban J connectivity index is 2.09. The first-order valence-electron chi connectivity index (χ1n) is 7.26. The van der Waals surface area contributed by atoms with Crippen molar-refractivity contribution in [2.24, 2.45) is 0 Å². The molecule has 2 aromatic carbocycles. The van der Waals surface area contributed by atoms with Gasteiger partial charge >= 0.3 is 7.12 Å². The largest absolute Gasteiger partial charge is 0.497 e. The Labute approximate surface area is 126 Å². The van der Waals surface area contributed by atoms with Gasteiger partial charge in [0.2, 0.25) is 0 Å². The van der Waals surface area contributed by atoms with Gasteiger partial charge in [0, 0.05) is 0 Å². The third-order valence-electron chi connectivity index (χ3n) is 4.63. The summed E-state index contributed by atoms with van der Waals surface area (Å²) in [7, 11) is 1.32. The highest BCUT2D eigenvalue weighted by atomic mass is 16.7. The summed E-state index contributed by atoms with van der Waals surface area (Å²) < 4.78 is 17.7. The number of fused-ring (bicyclic) bond motifs is 1. The summed E-state index contributed by atoms with van der Waals surface area (Å²) in [6.45, 7) is 8.27. The van der Waals surface area contributed by atoms with E-state index in [1.165, 1.54) is 0 Å². The molecule has 1 saturated heterocycles. The normalized spacial score (nSPS) is 20.0. The molecule has 3 nitrogen and oxygen atoms in total. The highest BCUT2D eigenvalue weighted by molar-refractivity contribution is 6.65. The van der Waals surface area contributed by atoms with Crippen LogP contribution in [0.4, 0.5) is 0 Å². The van der Waals surface area contributed by atoms with Crippen LogP contribution in [0.3, 0.4) is 0 Å². The number of methoxy groups -OCH3 is 1. The standard InChI is InChI=1S/C17H21BO3/c1-16(2)17(3,4)21-18(20-16)15-8-6-7-12-9-10-13(19-5)11-14(12)15/h6-11H,1-5H3. The first-order chi connectivity index (χ1) is 9.84. The second kappa shape index (κ2) is 4.75. The topological polar surface area (TPSA) is 27.7 Å². The average molecular weight is 284 g/mol. The van der Waals surface area contributed by atoms with Crippen molar-refractivity contribution in [1.29, 1.82) is 0 Å². The zero-order valence-electron chi connectivity index (χ0n) is 13.3. The Morgan fingerprint density at radius 3 is 2.24 bits per heavy atom. The first-order valence-corrected chi connectivity index (χ1v) is 7.26. The molecule has 4 heteroatoms. The first kappa shape index (κ1) is 14.4. The van der Waals surface area contributed by atoms with E-state index < -0.39 is 0 Å². The van der Waals surface area contributed by atoms with Crippen LogP contribution in [0, 0.1) is 0 Å². The zero-order valence-corrected chi connectivity index (χ0v) is 13.3. The summed E-state index contributed by atoms with van der Waals surface area (Å²) >= 11 is 0. The maximum Gasteiger partial charge on any atom is 0.495 e. The lowest BCUT2D eigenvalue weighted by Gasteiger charge is -2.32. The van der Waals surface area contributed by atoms with E-state index in [2.05, 4.69) is 45.9 Å². The molecule has 21 heavy (non-hydrogen) atoms. The minimum absolute atomic E-state index is 0.335. The van der Waals surface area contributed by atoms with Crippen molar-refractivity contribution in [2.75, 3.05) is 7.11 Å². The van der Waals surface area contributed by atoms with E-state index in [0.29, 0.717) is 0 Å². The Morgan fingerprint density at radius 2 is 1.62 bits per heavy atom. The van der Waals surface area contributed by atoms with E-state index in [1.54, 1.807) is 7.11 Å². The van der Waals surface area contributed by atoms with Crippen molar-refractivity contribution < 1.29 is 14.0 Å². The Morgan fingerprint density at radius 1 is 0.952 bits per heavy atom. The van der Waals surface area contributed by atoms with Gasteiger partial charge < -0.3 is 14.0 Å². The van der Waals surface area contributed by atoms with E-state index in [-0.39, 0.29) is 18.3 Å². The molecule has 0 N–H and O–H groups in total. The van der Waals surface area contributed by atoms with Crippen LogP contribution in [-0.4, -0.2) is 25.4 Å².